The number of aromatic nitrogens is 2. The number of aryl methyl sites for hydroxylation is 1. The number of nitrogen functional groups attached to an aromatic ring is 1. The maximum absolute atomic E-state index is 12.8. The highest BCUT2D eigenvalue weighted by Gasteiger charge is 2.40. The average Bonchev–Trinajstić information content (AvgIpc) is 2.98. The zero-order chi connectivity index (χ0) is 23.8. The van der Waals surface area contributed by atoms with Gasteiger partial charge in [-0.3, -0.25) is 4.79 Å². The van der Waals surface area contributed by atoms with Crippen LogP contribution in [-0.2, 0) is 9.53 Å². The van der Waals surface area contributed by atoms with Gasteiger partial charge in [0.1, 0.15) is 11.6 Å². The van der Waals surface area contributed by atoms with Crippen molar-refractivity contribution in [2.75, 3.05) is 42.3 Å². The molecule has 1 aromatic carbocycles. The summed E-state index contributed by atoms with van der Waals surface area (Å²) in [7, 11) is 0. The standard InChI is InChI=1S/C23H31ClN6O3/c1-13(2)27-21(31)23(4)12-26-17-10-16(24)15(9-19(17)33-23)18-11-32-7-5-6-30(18)20-8-14(3)28-22(25)29-20/h8-10,13,18,26H,5-7,11-12H2,1-4H3,(H,27,31)(H2,25,28,29)/t18-,23+/m1/s1. The maximum Gasteiger partial charge on any atom is 0.265 e. The van der Waals surface area contributed by atoms with Gasteiger partial charge in [-0.1, -0.05) is 11.6 Å². The summed E-state index contributed by atoms with van der Waals surface area (Å²) >= 11 is 6.75. The van der Waals surface area contributed by atoms with Crippen molar-refractivity contribution in [3.8, 4) is 5.75 Å². The number of rotatable bonds is 4. The molecule has 1 aromatic heterocycles. The number of amides is 1. The third kappa shape index (κ3) is 4.94. The van der Waals surface area contributed by atoms with E-state index in [0.717, 1.165) is 35.7 Å². The smallest absolute Gasteiger partial charge is 0.265 e. The quantitative estimate of drug-likeness (QED) is 0.619. The van der Waals surface area contributed by atoms with Gasteiger partial charge in [0.2, 0.25) is 11.5 Å². The molecule has 9 nitrogen and oxygen atoms in total. The molecule has 1 fully saturated rings. The van der Waals surface area contributed by atoms with Crippen molar-refractivity contribution in [1.29, 1.82) is 0 Å². The van der Waals surface area contributed by atoms with Crippen LogP contribution in [0, 0.1) is 6.92 Å². The van der Waals surface area contributed by atoms with E-state index in [4.69, 9.17) is 26.8 Å². The summed E-state index contributed by atoms with van der Waals surface area (Å²) in [4.78, 5) is 23.6. The molecule has 4 N–H and O–H groups in total. The monoisotopic (exact) mass is 474 g/mol. The summed E-state index contributed by atoms with van der Waals surface area (Å²) in [6.07, 6.45) is 0.841. The molecule has 10 heteroatoms. The normalized spacial score (nSPS) is 22.7. The van der Waals surface area contributed by atoms with Crippen LogP contribution in [0.1, 0.15) is 44.5 Å². The molecule has 1 saturated heterocycles. The summed E-state index contributed by atoms with van der Waals surface area (Å²) < 4.78 is 12.1. The molecular formula is C23H31ClN6O3. The van der Waals surface area contributed by atoms with E-state index in [1.165, 1.54) is 0 Å². The number of carbonyl (C=O) groups is 1. The number of nitrogens with zero attached hydrogens (tertiary/aromatic N) is 3. The Bertz CT molecular complexity index is 1030. The van der Waals surface area contributed by atoms with Crippen LogP contribution in [0.3, 0.4) is 0 Å². The minimum atomic E-state index is -1.04. The lowest BCUT2D eigenvalue weighted by Crippen LogP contribution is -2.56. The zero-order valence-electron chi connectivity index (χ0n) is 19.4. The van der Waals surface area contributed by atoms with Gasteiger partial charge in [0.25, 0.3) is 5.91 Å². The number of nitrogens with two attached hydrogens (primary N) is 1. The second-order valence-corrected chi connectivity index (χ2v) is 9.46. The minimum Gasteiger partial charge on any atom is -0.474 e. The van der Waals surface area contributed by atoms with Crippen LogP contribution in [0.15, 0.2) is 18.2 Å². The van der Waals surface area contributed by atoms with Gasteiger partial charge in [-0.05, 0) is 51.8 Å². The van der Waals surface area contributed by atoms with Crippen molar-refractivity contribution < 1.29 is 14.3 Å². The second kappa shape index (κ2) is 9.23. The molecule has 0 saturated carbocycles. The molecule has 3 heterocycles. The number of hydrogen-bond acceptors (Lipinski definition) is 8. The first-order valence-electron chi connectivity index (χ1n) is 11.2. The van der Waals surface area contributed by atoms with Crippen molar-refractivity contribution in [3.05, 3.63) is 34.5 Å². The van der Waals surface area contributed by atoms with Gasteiger partial charge in [0, 0.05) is 36.0 Å². The van der Waals surface area contributed by atoms with Crippen LogP contribution in [-0.4, -0.2) is 53.8 Å². The number of hydrogen-bond donors (Lipinski definition) is 3. The van der Waals surface area contributed by atoms with E-state index in [1.54, 1.807) is 6.92 Å². The topological polar surface area (TPSA) is 115 Å². The molecule has 0 bridgehead atoms. The molecule has 2 aromatic rings. The SMILES string of the molecule is Cc1cc(N2CCCOC[C@@H]2c2cc3c(cc2Cl)NC[C@@](C)(C(=O)NC(C)C)O3)nc(N)n1. The summed E-state index contributed by atoms with van der Waals surface area (Å²) in [6, 6.07) is 5.45. The summed E-state index contributed by atoms with van der Waals surface area (Å²) in [5, 5.41) is 6.82. The molecule has 33 heavy (non-hydrogen) atoms. The van der Waals surface area contributed by atoms with E-state index >= 15 is 0 Å². The van der Waals surface area contributed by atoms with Gasteiger partial charge in [-0.15, -0.1) is 0 Å². The maximum atomic E-state index is 12.8. The first-order valence-corrected chi connectivity index (χ1v) is 11.6. The van der Waals surface area contributed by atoms with Gasteiger partial charge >= 0.3 is 0 Å². The lowest BCUT2D eigenvalue weighted by atomic mass is 9.99. The molecule has 2 aliphatic rings. The summed E-state index contributed by atoms with van der Waals surface area (Å²) in [6.45, 7) is 9.65. The number of ether oxygens (including phenoxy) is 2. The third-order valence-corrected chi connectivity index (χ3v) is 6.13. The van der Waals surface area contributed by atoms with E-state index in [2.05, 4.69) is 25.5 Å². The highest BCUT2D eigenvalue weighted by molar-refractivity contribution is 6.31. The molecule has 1 amide bonds. The Hall–Kier alpha value is -2.78. The molecule has 178 valence electrons. The van der Waals surface area contributed by atoms with E-state index in [-0.39, 0.29) is 23.9 Å². The molecule has 0 radical (unpaired) electrons. The number of anilines is 3. The Morgan fingerprint density at radius 2 is 2.15 bits per heavy atom. The van der Waals surface area contributed by atoms with Gasteiger partial charge < -0.3 is 30.7 Å². The van der Waals surface area contributed by atoms with Crippen LogP contribution in [0.4, 0.5) is 17.5 Å². The van der Waals surface area contributed by atoms with Crippen molar-refractivity contribution in [1.82, 2.24) is 15.3 Å². The Kier molecular flexibility index (Phi) is 6.54. The van der Waals surface area contributed by atoms with Gasteiger partial charge in [0.15, 0.2) is 0 Å². The van der Waals surface area contributed by atoms with Gasteiger partial charge in [0.05, 0.1) is 24.9 Å². The van der Waals surface area contributed by atoms with Crippen LogP contribution >= 0.6 is 11.6 Å². The van der Waals surface area contributed by atoms with E-state index in [0.29, 0.717) is 30.5 Å². The molecule has 4 rings (SSSR count). The number of fused-ring (bicyclic) bond motifs is 1. The fourth-order valence-electron chi connectivity index (χ4n) is 4.16. The van der Waals surface area contributed by atoms with Crippen LogP contribution in [0.25, 0.3) is 0 Å². The lowest BCUT2D eigenvalue weighted by Gasteiger charge is -2.37. The van der Waals surface area contributed by atoms with Gasteiger partial charge in [-0.2, -0.15) is 4.98 Å². The van der Waals surface area contributed by atoms with Crippen molar-refractivity contribution in [2.45, 2.75) is 51.8 Å². The third-order valence-electron chi connectivity index (χ3n) is 5.80. The lowest BCUT2D eigenvalue weighted by molar-refractivity contribution is -0.135. The van der Waals surface area contributed by atoms with E-state index < -0.39 is 5.60 Å². The highest BCUT2D eigenvalue weighted by atomic mass is 35.5. The first kappa shape index (κ1) is 23.4. The Labute approximate surface area is 199 Å². The van der Waals surface area contributed by atoms with E-state index in [9.17, 15) is 4.79 Å². The number of nitrogens with one attached hydrogen (secondary N) is 2. The van der Waals surface area contributed by atoms with Crippen molar-refractivity contribution >= 4 is 35.0 Å². The van der Waals surface area contributed by atoms with Crippen LogP contribution in [0.5, 0.6) is 5.75 Å². The number of carbonyl (C=O) groups excluding carboxylic acids is 1. The molecule has 2 atom stereocenters. The fourth-order valence-corrected chi connectivity index (χ4v) is 4.45. The molecule has 0 aliphatic carbocycles. The minimum absolute atomic E-state index is 0.0144. The Morgan fingerprint density at radius 3 is 2.88 bits per heavy atom. The molecule has 0 spiro atoms. The van der Waals surface area contributed by atoms with Crippen LogP contribution in [0.2, 0.25) is 5.02 Å². The predicted molar refractivity (Wildman–Crippen MR) is 129 cm³/mol. The molecule has 0 unspecified atom stereocenters. The van der Waals surface area contributed by atoms with Crippen LogP contribution < -0.4 is 26.0 Å². The number of halogens is 1. The fraction of sp³-hybridized carbons (Fsp3) is 0.522. The number of benzene rings is 1. The first-order chi connectivity index (χ1) is 15.7. The zero-order valence-corrected chi connectivity index (χ0v) is 20.2. The van der Waals surface area contributed by atoms with Gasteiger partial charge in [-0.25, -0.2) is 4.98 Å². The molecule has 2 aliphatic heterocycles. The van der Waals surface area contributed by atoms with Crippen molar-refractivity contribution in [3.63, 3.8) is 0 Å². The summed E-state index contributed by atoms with van der Waals surface area (Å²) in [5.74, 6) is 1.36. The second-order valence-electron chi connectivity index (χ2n) is 9.05. The predicted octanol–water partition coefficient (Wildman–Crippen LogP) is 3.08. The average molecular weight is 475 g/mol. The van der Waals surface area contributed by atoms with E-state index in [1.807, 2.05) is 39.0 Å². The summed E-state index contributed by atoms with van der Waals surface area (Å²) in [5.41, 5.74) is 7.27. The van der Waals surface area contributed by atoms with Crippen molar-refractivity contribution in [2.24, 2.45) is 0 Å². The highest BCUT2D eigenvalue weighted by Crippen LogP contribution is 2.41. The Morgan fingerprint density at radius 1 is 1.36 bits per heavy atom. The Balaban J connectivity index is 1.70. The largest absolute Gasteiger partial charge is 0.474 e. The molecular weight excluding hydrogens is 444 g/mol.